The zero-order valence-electron chi connectivity index (χ0n) is 8.49. The van der Waals surface area contributed by atoms with Crippen LogP contribution in [0.15, 0.2) is 4.79 Å². The molecule has 0 aromatic carbocycles. The van der Waals surface area contributed by atoms with E-state index < -0.39 is 0 Å². The molecule has 7 heteroatoms. The van der Waals surface area contributed by atoms with Gasteiger partial charge in [-0.15, -0.1) is 0 Å². The van der Waals surface area contributed by atoms with Crippen LogP contribution < -0.4 is 11.3 Å². The molecule has 0 saturated carbocycles. The highest BCUT2D eigenvalue weighted by molar-refractivity contribution is 5.70. The first kappa shape index (κ1) is 9.34. The number of H-pyrrole nitrogens is 2. The Bertz CT molecular complexity index is 581. The molecule has 7 nitrogen and oxygen atoms in total. The molecule has 0 radical (unpaired) electrons. The molecular weight excluding hydrogens is 210 g/mol. The first-order valence-corrected chi connectivity index (χ1v) is 5.11. The van der Waals surface area contributed by atoms with Gasteiger partial charge in [-0.1, -0.05) is 0 Å². The van der Waals surface area contributed by atoms with Crippen molar-refractivity contribution in [1.29, 1.82) is 0 Å². The fourth-order valence-corrected chi connectivity index (χ4v) is 1.89. The lowest BCUT2D eigenvalue weighted by atomic mass is 10.2. The molecule has 1 unspecified atom stereocenters. The molecule has 1 atom stereocenters. The smallest absolute Gasteiger partial charge is 0.278 e. The van der Waals surface area contributed by atoms with Gasteiger partial charge in [0, 0.05) is 6.61 Å². The number of nitrogens with zero attached hydrogens (tertiary/aromatic N) is 2. The predicted molar refractivity (Wildman–Crippen MR) is 56.8 cm³/mol. The Morgan fingerprint density at radius 1 is 1.38 bits per heavy atom. The highest BCUT2D eigenvalue weighted by atomic mass is 16.5. The number of anilines is 1. The molecule has 1 saturated heterocycles. The lowest BCUT2D eigenvalue weighted by Gasteiger charge is -2.03. The van der Waals surface area contributed by atoms with Crippen molar-refractivity contribution in [1.82, 2.24) is 19.9 Å². The lowest BCUT2D eigenvalue weighted by Crippen LogP contribution is -2.10. The van der Waals surface area contributed by atoms with E-state index in [9.17, 15) is 4.79 Å². The minimum absolute atomic E-state index is 0.0603. The van der Waals surface area contributed by atoms with E-state index in [1.807, 2.05) is 0 Å². The number of hydrogen-bond donors (Lipinski definition) is 3. The van der Waals surface area contributed by atoms with E-state index in [4.69, 9.17) is 10.5 Å². The molecule has 0 spiro atoms. The molecule has 2 aromatic heterocycles. The van der Waals surface area contributed by atoms with Gasteiger partial charge in [-0.3, -0.25) is 9.78 Å². The summed E-state index contributed by atoms with van der Waals surface area (Å²) < 4.78 is 5.47. The third-order valence-corrected chi connectivity index (χ3v) is 2.63. The Hall–Kier alpha value is -1.89. The van der Waals surface area contributed by atoms with Gasteiger partial charge in [0.05, 0.1) is 0 Å². The first-order valence-electron chi connectivity index (χ1n) is 5.11. The van der Waals surface area contributed by atoms with Crippen molar-refractivity contribution in [3.8, 4) is 0 Å². The molecule has 16 heavy (non-hydrogen) atoms. The van der Waals surface area contributed by atoms with E-state index in [2.05, 4.69) is 19.9 Å². The van der Waals surface area contributed by atoms with Gasteiger partial charge in [0.25, 0.3) is 5.56 Å². The standard InChI is InChI=1S/C9H11N5O2/c10-9-13-7-5(8(15)14-9)11-6(12-7)4-2-1-3-16-4/h4H,1-3H2,(H4,10,11,12,13,14,15). The molecule has 2 aromatic rings. The van der Waals surface area contributed by atoms with Crippen LogP contribution >= 0.6 is 0 Å². The number of imidazole rings is 1. The van der Waals surface area contributed by atoms with Crippen LogP contribution in [0.5, 0.6) is 0 Å². The van der Waals surface area contributed by atoms with Gasteiger partial charge in [0.2, 0.25) is 5.95 Å². The van der Waals surface area contributed by atoms with E-state index in [-0.39, 0.29) is 17.6 Å². The van der Waals surface area contributed by atoms with Crippen LogP contribution in [0.2, 0.25) is 0 Å². The van der Waals surface area contributed by atoms with Gasteiger partial charge in [-0.05, 0) is 12.8 Å². The number of fused-ring (bicyclic) bond motifs is 1. The summed E-state index contributed by atoms with van der Waals surface area (Å²) >= 11 is 0. The fourth-order valence-electron chi connectivity index (χ4n) is 1.89. The summed E-state index contributed by atoms with van der Waals surface area (Å²) in [5.41, 5.74) is 5.82. The summed E-state index contributed by atoms with van der Waals surface area (Å²) in [6, 6.07) is 0. The maximum absolute atomic E-state index is 11.5. The number of nitrogens with one attached hydrogen (secondary N) is 2. The molecule has 0 bridgehead atoms. The zero-order chi connectivity index (χ0) is 11.1. The van der Waals surface area contributed by atoms with Gasteiger partial charge in [0.15, 0.2) is 11.2 Å². The van der Waals surface area contributed by atoms with E-state index >= 15 is 0 Å². The highest BCUT2D eigenvalue weighted by Gasteiger charge is 2.22. The van der Waals surface area contributed by atoms with Crippen molar-refractivity contribution in [2.75, 3.05) is 12.3 Å². The predicted octanol–water partition coefficient (Wildman–Crippen LogP) is 0.0799. The second-order valence-corrected chi connectivity index (χ2v) is 3.77. The molecule has 0 aliphatic carbocycles. The maximum Gasteiger partial charge on any atom is 0.278 e. The number of aromatic nitrogens is 4. The van der Waals surface area contributed by atoms with Gasteiger partial charge in [-0.2, -0.15) is 4.98 Å². The summed E-state index contributed by atoms with van der Waals surface area (Å²) in [7, 11) is 0. The molecule has 3 rings (SSSR count). The van der Waals surface area contributed by atoms with E-state index in [0.29, 0.717) is 17.0 Å². The van der Waals surface area contributed by atoms with Crippen LogP contribution in [0.4, 0.5) is 5.95 Å². The molecule has 1 aliphatic rings. The van der Waals surface area contributed by atoms with Crippen LogP contribution in [-0.4, -0.2) is 26.5 Å². The van der Waals surface area contributed by atoms with Gasteiger partial charge >= 0.3 is 0 Å². The minimum Gasteiger partial charge on any atom is -0.370 e. The first-order chi connectivity index (χ1) is 7.74. The maximum atomic E-state index is 11.5. The van der Waals surface area contributed by atoms with Crippen LogP contribution in [-0.2, 0) is 4.74 Å². The molecule has 3 heterocycles. The Balaban J connectivity index is 2.15. The van der Waals surface area contributed by atoms with E-state index in [0.717, 1.165) is 19.4 Å². The molecule has 4 N–H and O–H groups in total. The van der Waals surface area contributed by atoms with Crippen molar-refractivity contribution in [2.45, 2.75) is 18.9 Å². The largest absolute Gasteiger partial charge is 0.370 e. The van der Waals surface area contributed by atoms with Crippen LogP contribution in [0.1, 0.15) is 24.8 Å². The normalized spacial score (nSPS) is 20.6. The summed E-state index contributed by atoms with van der Waals surface area (Å²) in [4.78, 5) is 25.1. The van der Waals surface area contributed by atoms with Crippen LogP contribution in [0, 0.1) is 0 Å². The summed E-state index contributed by atoms with van der Waals surface area (Å²) in [6.07, 6.45) is 1.86. The van der Waals surface area contributed by atoms with Gasteiger partial charge in [0.1, 0.15) is 11.9 Å². The third kappa shape index (κ3) is 1.36. The van der Waals surface area contributed by atoms with Crippen LogP contribution in [0.3, 0.4) is 0 Å². The molecule has 1 fully saturated rings. The van der Waals surface area contributed by atoms with E-state index in [1.165, 1.54) is 0 Å². The minimum atomic E-state index is -0.306. The Labute approximate surface area is 90.1 Å². The SMILES string of the molecule is Nc1nc2nc(C3CCCO3)[nH]c2c(=O)[nH]1. The van der Waals surface area contributed by atoms with E-state index in [1.54, 1.807) is 0 Å². The Kier molecular flexibility index (Phi) is 1.93. The molecular formula is C9H11N5O2. The Morgan fingerprint density at radius 3 is 3.00 bits per heavy atom. The average Bonchev–Trinajstić information content (AvgIpc) is 2.82. The average molecular weight is 221 g/mol. The van der Waals surface area contributed by atoms with Crippen molar-refractivity contribution in [3.63, 3.8) is 0 Å². The molecule has 0 amide bonds. The van der Waals surface area contributed by atoms with Crippen molar-refractivity contribution < 1.29 is 4.74 Å². The number of ether oxygens (including phenoxy) is 1. The topological polar surface area (TPSA) is 110 Å². The number of nitrogens with two attached hydrogens (primary N) is 1. The van der Waals surface area contributed by atoms with Gasteiger partial charge in [-0.25, -0.2) is 4.98 Å². The van der Waals surface area contributed by atoms with Crippen molar-refractivity contribution in [3.05, 3.63) is 16.2 Å². The number of nitrogen functional groups attached to an aromatic ring is 1. The Morgan fingerprint density at radius 2 is 2.25 bits per heavy atom. The van der Waals surface area contributed by atoms with Crippen molar-refractivity contribution >= 4 is 17.1 Å². The zero-order valence-corrected chi connectivity index (χ0v) is 8.49. The quantitative estimate of drug-likeness (QED) is 0.631. The monoisotopic (exact) mass is 221 g/mol. The van der Waals surface area contributed by atoms with Crippen molar-refractivity contribution in [2.24, 2.45) is 0 Å². The summed E-state index contributed by atoms with van der Waals surface area (Å²) in [5.74, 6) is 0.721. The lowest BCUT2D eigenvalue weighted by molar-refractivity contribution is 0.106. The fraction of sp³-hybridized carbons (Fsp3) is 0.444. The number of aromatic amines is 2. The summed E-state index contributed by atoms with van der Waals surface area (Å²) in [6.45, 7) is 0.730. The third-order valence-electron chi connectivity index (χ3n) is 2.63. The van der Waals surface area contributed by atoms with Gasteiger partial charge < -0.3 is 15.5 Å². The highest BCUT2D eigenvalue weighted by Crippen LogP contribution is 2.26. The molecule has 1 aliphatic heterocycles. The second-order valence-electron chi connectivity index (χ2n) is 3.77. The second kappa shape index (κ2) is 3.31. The molecule has 84 valence electrons. The summed E-state index contributed by atoms with van der Waals surface area (Å²) in [5, 5.41) is 0. The van der Waals surface area contributed by atoms with Crippen LogP contribution in [0.25, 0.3) is 11.2 Å². The number of rotatable bonds is 1. The number of hydrogen-bond acceptors (Lipinski definition) is 5.